The van der Waals surface area contributed by atoms with Crippen molar-refractivity contribution >= 4 is 31.5 Å². The van der Waals surface area contributed by atoms with Gasteiger partial charge in [-0.1, -0.05) is 176 Å². The zero-order valence-electron chi connectivity index (χ0n) is 31.4. The Hall–Kier alpha value is -6.94. The summed E-state index contributed by atoms with van der Waals surface area (Å²) in [4.78, 5) is 10.4. The standard InChI is InChI=1S/C54H36N2S/c1-54(40-16-6-3-7-17-40)47-22-12-10-20-43(47)44-30-29-39(32-48(44)54)50-34-49(55-53(56-50)37-14-4-2-5-15-37)36-26-24-35(25-27-36)41-18-8-9-19-42(41)38-28-31-46-45-21-11-13-23-51(45)57-52(46)33-38/h2-34H,1H3. The highest BCUT2D eigenvalue weighted by Crippen LogP contribution is 2.53. The van der Waals surface area contributed by atoms with Crippen LogP contribution in [0.3, 0.4) is 0 Å². The number of thiophene rings is 1. The highest BCUT2D eigenvalue weighted by Gasteiger charge is 2.40. The molecule has 0 saturated heterocycles. The van der Waals surface area contributed by atoms with Crippen LogP contribution in [0.5, 0.6) is 0 Å². The minimum Gasteiger partial charge on any atom is -0.228 e. The van der Waals surface area contributed by atoms with Gasteiger partial charge in [-0.2, -0.15) is 0 Å². The van der Waals surface area contributed by atoms with Crippen LogP contribution in [-0.2, 0) is 5.41 Å². The van der Waals surface area contributed by atoms with E-state index in [1.807, 2.05) is 29.5 Å². The second-order valence-corrected chi connectivity index (χ2v) is 16.1. The zero-order chi connectivity index (χ0) is 37.9. The number of aromatic nitrogens is 2. The Morgan fingerprint density at radius 2 is 0.930 bits per heavy atom. The zero-order valence-corrected chi connectivity index (χ0v) is 32.2. The largest absolute Gasteiger partial charge is 0.228 e. The van der Waals surface area contributed by atoms with E-state index in [0.717, 1.165) is 28.1 Å². The SMILES string of the molecule is CC1(c2ccccc2)c2ccccc2-c2ccc(-c3cc(-c4ccc(-c5ccccc5-c5ccc6c(c5)sc5ccccc56)cc4)nc(-c4ccccc4)n3)cc21. The first-order chi connectivity index (χ1) is 28.1. The van der Waals surface area contributed by atoms with Crippen molar-refractivity contribution in [1.82, 2.24) is 9.97 Å². The fraction of sp³-hybridized carbons (Fsp3) is 0.0370. The molecule has 268 valence electrons. The summed E-state index contributed by atoms with van der Waals surface area (Å²) in [5.74, 6) is 0.712. The number of benzene rings is 8. The molecule has 0 fully saturated rings. The van der Waals surface area contributed by atoms with Gasteiger partial charge in [0.05, 0.1) is 11.4 Å². The molecule has 0 spiro atoms. The molecule has 57 heavy (non-hydrogen) atoms. The first kappa shape index (κ1) is 33.4. The molecule has 1 atom stereocenters. The van der Waals surface area contributed by atoms with Crippen molar-refractivity contribution in [2.24, 2.45) is 0 Å². The molecule has 1 aliphatic rings. The molecule has 2 heterocycles. The number of rotatable bonds is 6. The van der Waals surface area contributed by atoms with E-state index in [4.69, 9.17) is 9.97 Å². The van der Waals surface area contributed by atoms with E-state index >= 15 is 0 Å². The van der Waals surface area contributed by atoms with E-state index in [2.05, 4.69) is 189 Å². The Kier molecular flexibility index (Phi) is 7.84. The summed E-state index contributed by atoms with van der Waals surface area (Å²) in [6, 6.07) is 72.2. The first-order valence-corrected chi connectivity index (χ1v) is 20.3. The van der Waals surface area contributed by atoms with Gasteiger partial charge in [0.25, 0.3) is 0 Å². The fourth-order valence-corrected chi connectivity index (χ4v) is 10.0. The molecule has 8 aromatic carbocycles. The van der Waals surface area contributed by atoms with Crippen LogP contribution in [0.15, 0.2) is 200 Å². The fourth-order valence-electron chi connectivity index (χ4n) is 8.89. The molecule has 0 aliphatic heterocycles. The van der Waals surface area contributed by atoms with Gasteiger partial charge >= 0.3 is 0 Å². The van der Waals surface area contributed by atoms with Crippen molar-refractivity contribution in [3.63, 3.8) is 0 Å². The maximum atomic E-state index is 5.23. The predicted molar refractivity (Wildman–Crippen MR) is 240 cm³/mol. The minimum atomic E-state index is -0.295. The summed E-state index contributed by atoms with van der Waals surface area (Å²) in [6.45, 7) is 2.36. The van der Waals surface area contributed by atoms with Gasteiger partial charge in [-0.05, 0) is 81.3 Å². The quantitative estimate of drug-likeness (QED) is 0.169. The van der Waals surface area contributed by atoms with Crippen LogP contribution in [0.2, 0.25) is 0 Å². The average molecular weight is 745 g/mol. The molecular weight excluding hydrogens is 709 g/mol. The van der Waals surface area contributed by atoms with Gasteiger partial charge in [0.1, 0.15) is 0 Å². The summed E-state index contributed by atoms with van der Waals surface area (Å²) < 4.78 is 2.63. The maximum absolute atomic E-state index is 5.23. The molecule has 0 radical (unpaired) electrons. The third-order valence-corrected chi connectivity index (χ3v) is 13.0. The summed E-state index contributed by atoms with van der Waals surface area (Å²) in [7, 11) is 0. The molecule has 1 aliphatic carbocycles. The smallest absolute Gasteiger partial charge is 0.160 e. The topological polar surface area (TPSA) is 25.8 Å². The normalized spacial score (nSPS) is 14.5. The Morgan fingerprint density at radius 1 is 0.368 bits per heavy atom. The molecule has 0 N–H and O–H groups in total. The van der Waals surface area contributed by atoms with Gasteiger partial charge < -0.3 is 0 Å². The van der Waals surface area contributed by atoms with E-state index in [1.54, 1.807) is 0 Å². The van der Waals surface area contributed by atoms with Gasteiger partial charge in [-0.3, -0.25) is 0 Å². The van der Waals surface area contributed by atoms with Gasteiger partial charge in [0.15, 0.2) is 5.82 Å². The van der Waals surface area contributed by atoms with Crippen LogP contribution in [0.4, 0.5) is 0 Å². The Bertz CT molecular complexity index is 3130. The van der Waals surface area contributed by atoms with Gasteiger partial charge in [0, 0.05) is 42.3 Å². The van der Waals surface area contributed by atoms with Crippen LogP contribution in [0.1, 0.15) is 23.6 Å². The number of hydrogen-bond donors (Lipinski definition) is 0. The maximum Gasteiger partial charge on any atom is 0.160 e. The number of hydrogen-bond acceptors (Lipinski definition) is 3. The lowest BCUT2D eigenvalue weighted by atomic mass is 9.74. The Balaban J connectivity index is 1.00. The van der Waals surface area contributed by atoms with E-state index < -0.39 is 0 Å². The van der Waals surface area contributed by atoms with Crippen LogP contribution in [0, 0.1) is 0 Å². The average Bonchev–Trinajstić information content (AvgIpc) is 3.79. The molecule has 3 heteroatoms. The lowest BCUT2D eigenvalue weighted by molar-refractivity contribution is 0.714. The summed E-state index contributed by atoms with van der Waals surface area (Å²) in [5, 5.41) is 2.64. The van der Waals surface area contributed by atoms with Crippen molar-refractivity contribution < 1.29 is 0 Å². The van der Waals surface area contributed by atoms with Gasteiger partial charge in [-0.25, -0.2) is 9.97 Å². The second-order valence-electron chi connectivity index (χ2n) is 15.1. The van der Waals surface area contributed by atoms with Crippen LogP contribution in [0.25, 0.3) is 87.5 Å². The molecule has 1 unspecified atom stereocenters. The molecule has 0 bridgehead atoms. The highest BCUT2D eigenvalue weighted by atomic mass is 32.1. The van der Waals surface area contributed by atoms with Crippen molar-refractivity contribution in [1.29, 1.82) is 0 Å². The van der Waals surface area contributed by atoms with Crippen molar-refractivity contribution in [3.05, 3.63) is 217 Å². The number of fused-ring (bicyclic) bond motifs is 6. The first-order valence-electron chi connectivity index (χ1n) is 19.5. The van der Waals surface area contributed by atoms with Crippen molar-refractivity contribution in [3.8, 4) is 67.3 Å². The molecule has 2 aromatic heterocycles. The minimum absolute atomic E-state index is 0.295. The summed E-state index contributed by atoms with van der Waals surface area (Å²) >= 11 is 1.86. The Labute approximate surface area is 336 Å². The molecule has 10 aromatic rings. The molecule has 11 rings (SSSR count). The van der Waals surface area contributed by atoms with Crippen molar-refractivity contribution in [2.75, 3.05) is 0 Å². The van der Waals surface area contributed by atoms with Crippen LogP contribution >= 0.6 is 11.3 Å². The van der Waals surface area contributed by atoms with E-state index in [9.17, 15) is 0 Å². The van der Waals surface area contributed by atoms with E-state index in [-0.39, 0.29) is 5.41 Å². The van der Waals surface area contributed by atoms with E-state index in [0.29, 0.717) is 5.82 Å². The molecule has 0 saturated carbocycles. The van der Waals surface area contributed by atoms with Crippen molar-refractivity contribution in [2.45, 2.75) is 12.3 Å². The molecule has 2 nitrogen and oxygen atoms in total. The predicted octanol–water partition coefficient (Wildman–Crippen LogP) is 14.5. The van der Waals surface area contributed by atoms with Gasteiger partial charge in [0.2, 0.25) is 0 Å². The summed E-state index contributed by atoms with van der Waals surface area (Å²) in [6.07, 6.45) is 0. The Morgan fingerprint density at radius 3 is 1.72 bits per heavy atom. The lowest BCUT2D eigenvalue weighted by Crippen LogP contribution is -2.22. The molecule has 0 amide bonds. The monoisotopic (exact) mass is 744 g/mol. The third-order valence-electron chi connectivity index (χ3n) is 11.8. The van der Waals surface area contributed by atoms with E-state index in [1.165, 1.54) is 70.2 Å². The summed E-state index contributed by atoms with van der Waals surface area (Å²) in [5.41, 5.74) is 15.9. The van der Waals surface area contributed by atoms with Crippen LogP contribution in [-0.4, -0.2) is 9.97 Å². The van der Waals surface area contributed by atoms with Gasteiger partial charge in [-0.15, -0.1) is 11.3 Å². The number of nitrogens with zero attached hydrogens (tertiary/aromatic N) is 2. The highest BCUT2D eigenvalue weighted by molar-refractivity contribution is 7.25. The lowest BCUT2D eigenvalue weighted by Gasteiger charge is -2.28. The molecular formula is C54H36N2S. The van der Waals surface area contributed by atoms with Crippen LogP contribution < -0.4 is 0 Å². The second kappa shape index (κ2) is 13.4. The third kappa shape index (κ3) is 5.54.